The molecule has 0 aromatic rings. The number of aliphatic hydroxyl groups excluding tert-OH is 1. The molecule has 0 aliphatic carbocycles. The van der Waals surface area contributed by atoms with Gasteiger partial charge in [0.05, 0.1) is 52.0 Å². The molecule has 0 bridgehead atoms. The first-order chi connectivity index (χ1) is 8.22. The predicted molar refractivity (Wildman–Crippen MR) is 60.4 cm³/mol. The lowest BCUT2D eigenvalue weighted by atomic mass is 10.3. The van der Waals surface area contributed by atoms with E-state index in [1.54, 1.807) is 6.92 Å². The Kier molecular flexibility index (Phi) is 10.6. The first-order valence-corrected chi connectivity index (χ1v) is 5.35. The second-order valence-electron chi connectivity index (χ2n) is 3.12. The molecule has 17 heavy (non-hydrogen) atoms. The van der Waals surface area contributed by atoms with Gasteiger partial charge in [-0.15, -0.1) is 0 Å². The summed E-state index contributed by atoms with van der Waals surface area (Å²) < 4.78 is 19.7. The molecular weight excluding hydrogens is 228 g/mol. The number of aliphatic hydroxyl groups is 1. The molecule has 0 aliphatic heterocycles. The quantitative estimate of drug-likeness (QED) is 0.256. The Bertz CT molecular complexity index is 226. The van der Waals surface area contributed by atoms with Gasteiger partial charge in [-0.2, -0.15) is 0 Å². The molecule has 0 heterocycles. The third-order valence-corrected chi connectivity index (χ3v) is 1.69. The van der Waals surface area contributed by atoms with E-state index in [1.165, 1.54) is 13.4 Å². The van der Waals surface area contributed by atoms with Crippen LogP contribution in [0.2, 0.25) is 0 Å². The van der Waals surface area contributed by atoms with E-state index in [0.29, 0.717) is 32.0 Å². The summed E-state index contributed by atoms with van der Waals surface area (Å²) in [7, 11) is 1.46. The fraction of sp³-hybridized carbons (Fsp3) is 0.727. The number of carbonyl (C=O) groups is 1. The zero-order valence-electron chi connectivity index (χ0n) is 10.3. The summed E-state index contributed by atoms with van der Waals surface area (Å²) in [6.45, 7) is 3.24. The normalized spacial score (nSPS) is 11.4. The highest BCUT2D eigenvalue weighted by molar-refractivity contribution is 5.87. The van der Waals surface area contributed by atoms with Crippen LogP contribution in [0, 0.1) is 0 Å². The van der Waals surface area contributed by atoms with Crippen molar-refractivity contribution in [2.24, 2.45) is 0 Å². The van der Waals surface area contributed by atoms with Crippen LogP contribution in [0.5, 0.6) is 0 Å². The number of rotatable bonds is 10. The molecular formula is C11H20O6. The highest BCUT2D eigenvalue weighted by Gasteiger charge is 2.05. The van der Waals surface area contributed by atoms with E-state index in [9.17, 15) is 4.79 Å². The van der Waals surface area contributed by atoms with Crippen LogP contribution in [0.15, 0.2) is 11.8 Å². The molecule has 0 spiro atoms. The molecule has 0 aromatic heterocycles. The maximum atomic E-state index is 11.2. The zero-order chi connectivity index (χ0) is 12.9. The van der Waals surface area contributed by atoms with Crippen molar-refractivity contribution in [3.8, 4) is 0 Å². The largest absolute Gasteiger partial charge is 0.504 e. The minimum atomic E-state index is -0.424. The number of methoxy groups -OCH3 is 1. The average Bonchev–Trinajstić information content (AvgIpc) is 2.32. The van der Waals surface area contributed by atoms with Gasteiger partial charge >= 0.3 is 5.97 Å². The topological polar surface area (TPSA) is 74.2 Å². The van der Waals surface area contributed by atoms with Crippen LogP contribution in [0.3, 0.4) is 0 Å². The van der Waals surface area contributed by atoms with E-state index in [2.05, 4.69) is 4.74 Å². The van der Waals surface area contributed by atoms with Crippen LogP contribution >= 0.6 is 0 Å². The lowest BCUT2D eigenvalue weighted by Gasteiger charge is -2.06. The van der Waals surface area contributed by atoms with Crippen molar-refractivity contribution in [3.05, 3.63) is 11.8 Å². The first-order valence-electron chi connectivity index (χ1n) is 5.35. The second kappa shape index (κ2) is 11.4. The van der Waals surface area contributed by atoms with Gasteiger partial charge in [0.1, 0.15) is 6.61 Å². The van der Waals surface area contributed by atoms with E-state index >= 15 is 0 Å². The Morgan fingerprint density at radius 2 is 1.71 bits per heavy atom. The molecule has 0 aliphatic rings. The van der Waals surface area contributed by atoms with Crippen LogP contribution in [0.1, 0.15) is 6.92 Å². The molecule has 6 heteroatoms. The number of hydrogen-bond acceptors (Lipinski definition) is 6. The van der Waals surface area contributed by atoms with Gasteiger partial charge in [-0.25, -0.2) is 4.79 Å². The lowest BCUT2D eigenvalue weighted by Crippen LogP contribution is -2.14. The number of hydrogen-bond donors (Lipinski definition) is 1. The number of carbonyl (C=O) groups excluding carboxylic acids is 1. The number of esters is 1. The van der Waals surface area contributed by atoms with E-state index in [0.717, 1.165) is 0 Å². The highest BCUT2D eigenvalue weighted by atomic mass is 16.6. The molecule has 0 atom stereocenters. The predicted octanol–water partition coefficient (Wildman–Crippen LogP) is 0.105. The van der Waals surface area contributed by atoms with Gasteiger partial charge in [0.15, 0.2) is 0 Å². The van der Waals surface area contributed by atoms with Crippen molar-refractivity contribution in [3.63, 3.8) is 0 Å². The van der Waals surface area contributed by atoms with Gasteiger partial charge in [0.25, 0.3) is 0 Å². The minimum Gasteiger partial charge on any atom is -0.504 e. The molecule has 0 amide bonds. The van der Waals surface area contributed by atoms with Gasteiger partial charge in [0, 0.05) is 0 Å². The molecule has 0 aromatic carbocycles. The molecule has 1 N–H and O–H groups in total. The van der Waals surface area contributed by atoms with Crippen LogP contribution in [-0.2, 0) is 23.7 Å². The van der Waals surface area contributed by atoms with Crippen LogP contribution < -0.4 is 0 Å². The summed E-state index contributed by atoms with van der Waals surface area (Å²) in [6.07, 6.45) is 1.33. The van der Waals surface area contributed by atoms with Crippen molar-refractivity contribution in [1.29, 1.82) is 0 Å². The molecule has 0 unspecified atom stereocenters. The van der Waals surface area contributed by atoms with Gasteiger partial charge < -0.3 is 24.1 Å². The van der Waals surface area contributed by atoms with Gasteiger partial charge in [0.2, 0.25) is 0 Å². The Balaban J connectivity index is 3.34. The third-order valence-electron chi connectivity index (χ3n) is 1.69. The summed E-state index contributed by atoms with van der Waals surface area (Å²) in [5.74, 6) is -0.424. The Morgan fingerprint density at radius 3 is 2.29 bits per heavy atom. The minimum absolute atomic E-state index is 0.00270. The Labute approximate surface area is 101 Å². The smallest absolute Gasteiger partial charge is 0.336 e. The Hall–Kier alpha value is -1.11. The van der Waals surface area contributed by atoms with Gasteiger partial charge in [-0.1, -0.05) is 0 Å². The standard InChI is InChI=1S/C11H20O6/c1-10(9-14-2)11(13)17-8-7-16-6-5-15-4-3-12/h9,12H,3-8H2,1-2H3. The molecule has 0 saturated carbocycles. The fourth-order valence-corrected chi connectivity index (χ4v) is 0.919. The van der Waals surface area contributed by atoms with Crippen molar-refractivity contribution >= 4 is 5.97 Å². The third kappa shape index (κ3) is 9.80. The van der Waals surface area contributed by atoms with Crippen LogP contribution in [0.4, 0.5) is 0 Å². The summed E-state index contributed by atoms with van der Waals surface area (Å²) in [5.41, 5.74) is 0.402. The lowest BCUT2D eigenvalue weighted by molar-refractivity contribution is -0.140. The monoisotopic (exact) mass is 248 g/mol. The first kappa shape index (κ1) is 15.9. The van der Waals surface area contributed by atoms with Crippen molar-refractivity contribution < 1.29 is 28.8 Å². The van der Waals surface area contributed by atoms with E-state index in [4.69, 9.17) is 19.3 Å². The molecule has 0 fully saturated rings. The summed E-state index contributed by atoms with van der Waals surface area (Å²) >= 11 is 0. The van der Waals surface area contributed by atoms with Crippen molar-refractivity contribution in [1.82, 2.24) is 0 Å². The van der Waals surface area contributed by atoms with E-state index < -0.39 is 5.97 Å². The molecule has 100 valence electrons. The molecule has 0 saturated heterocycles. The molecule has 0 radical (unpaired) electrons. The van der Waals surface area contributed by atoms with Crippen molar-refractivity contribution in [2.75, 3.05) is 46.8 Å². The Morgan fingerprint density at radius 1 is 1.12 bits per heavy atom. The maximum Gasteiger partial charge on any atom is 0.336 e. The van der Waals surface area contributed by atoms with E-state index in [1.807, 2.05) is 0 Å². The van der Waals surface area contributed by atoms with Crippen molar-refractivity contribution in [2.45, 2.75) is 6.92 Å². The average molecular weight is 248 g/mol. The summed E-state index contributed by atoms with van der Waals surface area (Å²) in [6, 6.07) is 0. The summed E-state index contributed by atoms with van der Waals surface area (Å²) in [5, 5.41) is 8.42. The zero-order valence-corrected chi connectivity index (χ0v) is 10.3. The summed E-state index contributed by atoms with van der Waals surface area (Å²) in [4.78, 5) is 11.2. The van der Waals surface area contributed by atoms with E-state index in [-0.39, 0.29) is 13.2 Å². The maximum absolute atomic E-state index is 11.2. The number of ether oxygens (including phenoxy) is 4. The highest BCUT2D eigenvalue weighted by Crippen LogP contribution is 1.96. The van der Waals surface area contributed by atoms with Gasteiger partial charge in [-0.3, -0.25) is 0 Å². The molecule has 0 rings (SSSR count). The fourth-order valence-electron chi connectivity index (χ4n) is 0.919. The van der Waals surface area contributed by atoms with Gasteiger partial charge in [-0.05, 0) is 6.92 Å². The molecule has 6 nitrogen and oxygen atoms in total. The van der Waals surface area contributed by atoms with Crippen LogP contribution in [0.25, 0.3) is 0 Å². The SMILES string of the molecule is COC=C(C)C(=O)OCCOCCOCCO. The second-order valence-corrected chi connectivity index (χ2v) is 3.12. The van der Waals surface area contributed by atoms with Crippen LogP contribution in [-0.4, -0.2) is 57.8 Å².